The van der Waals surface area contributed by atoms with Gasteiger partial charge in [-0.2, -0.15) is 0 Å². The first kappa shape index (κ1) is 13.1. The largest absolute Gasteiger partial charge is 0.374 e. The van der Waals surface area contributed by atoms with Crippen LogP contribution >= 0.6 is 0 Å². The van der Waals surface area contributed by atoms with E-state index in [1.54, 1.807) is 0 Å². The number of aliphatic imine (C=N–C) groups is 1. The minimum absolute atomic E-state index is 0.0281. The maximum Gasteiger partial charge on any atom is 0.374 e. The second-order valence-corrected chi connectivity index (χ2v) is 2.61. The maximum atomic E-state index is 10.9. The second kappa shape index (κ2) is 7.50. The molecule has 0 spiro atoms. The molecule has 0 aromatic rings. The molecule has 86 valence electrons. The van der Waals surface area contributed by atoms with E-state index in [4.69, 9.17) is 17.2 Å². The molecule has 0 amide bonds. The molecule has 0 aromatic heterocycles. The molecule has 9 heteroatoms. The number of carbonyl (C=O) groups excluding carboxylic acids is 1. The van der Waals surface area contributed by atoms with Crippen LogP contribution in [0, 0.1) is 4.91 Å². The summed E-state index contributed by atoms with van der Waals surface area (Å²) in [5.74, 6) is -0.904. The van der Waals surface area contributed by atoms with Crippen molar-refractivity contribution in [3.05, 3.63) is 4.91 Å². The first-order chi connectivity index (χ1) is 7.07. The van der Waals surface area contributed by atoms with Crippen LogP contribution in [0.3, 0.4) is 0 Å². The molecule has 0 aromatic carbocycles. The highest BCUT2D eigenvalue weighted by molar-refractivity contribution is 5.75. The molecule has 0 fully saturated rings. The summed E-state index contributed by atoms with van der Waals surface area (Å²) in [7, 11) is 0. The highest BCUT2D eigenvalue weighted by Gasteiger charge is 2.16. The van der Waals surface area contributed by atoms with Crippen molar-refractivity contribution in [1.29, 1.82) is 0 Å². The van der Waals surface area contributed by atoms with E-state index in [1.165, 1.54) is 0 Å². The number of hydrogen-bond acceptors (Lipinski definition) is 7. The summed E-state index contributed by atoms with van der Waals surface area (Å²) in [4.78, 5) is 31.4. The topological polar surface area (TPSA) is 155 Å². The average molecular weight is 219 g/mol. The Morgan fingerprint density at radius 2 is 2.07 bits per heavy atom. The van der Waals surface area contributed by atoms with Crippen LogP contribution in [-0.2, 0) is 14.7 Å². The van der Waals surface area contributed by atoms with Gasteiger partial charge in [0.1, 0.15) is 6.04 Å². The maximum absolute atomic E-state index is 10.9. The standard InChI is InChI=1S/C6H13N5O4/c7-4(5(12)14-15-11-13)2-1-3-10-6(8)9/h4H,1-3,7H2,(H4,8,9,10)/t4-/m0/s1. The lowest BCUT2D eigenvalue weighted by Gasteiger charge is -2.05. The van der Waals surface area contributed by atoms with Crippen LogP contribution in [0.25, 0.3) is 0 Å². The van der Waals surface area contributed by atoms with E-state index in [0.717, 1.165) is 0 Å². The summed E-state index contributed by atoms with van der Waals surface area (Å²) in [6.07, 6.45) is 0.806. The van der Waals surface area contributed by atoms with Crippen molar-refractivity contribution in [3.63, 3.8) is 0 Å². The zero-order valence-electron chi connectivity index (χ0n) is 7.96. The van der Waals surface area contributed by atoms with Gasteiger partial charge in [0.2, 0.25) is 5.34 Å². The van der Waals surface area contributed by atoms with E-state index in [0.29, 0.717) is 19.4 Å². The molecule has 9 nitrogen and oxygen atoms in total. The fraction of sp³-hybridized carbons (Fsp3) is 0.667. The number of nitrogens with two attached hydrogens (primary N) is 3. The van der Waals surface area contributed by atoms with Crippen LogP contribution in [0.15, 0.2) is 10.3 Å². The molecule has 15 heavy (non-hydrogen) atoms. The van der Waals surface area contributed by atoms with E-state index < -0.39 is 12.0 Å². The monoisotopic (exact) mass is 219 g/mol. The van der Waals surface area contributed by atoms with Crippen molar-refractivity contribution in [2.45, 2.75) is 18.9 Å². The van der Waals surface area contributed by atoms with E-state index in [2.05, 4.69) is 14.9 Å². The molecule has 0 aliphatic rings. The van der Waals surface area contributed by atoms with Crippen molar-refractivity contribution < 1.29 is 14.7 Å². The van der Waals surface area contributed by atoms with E-state index in [9.17, 15) is 9.70 Å². The second-order valence-electron chi connectivity index (χ2n) is 2.61. The fourth-order valence-corrected chi connectivity index (χ4v) is 0.751. The number of guanidine groups is 1. The minimum atomic E-state index is -0.902. The van der Waals surface area contributed by atoms with Crippen LogP contribution in [0.5, 0.6) is 0 Å². The van der Waals surface area contributed by atoms with Crippen molar-refractivity contribution in [1.82, 2.24) is 0 Å². The first-order valence-electron chi connectivity index (χ1n) is 4.09. The Morgan fingerprint density at radius 1 is 1.40 bits per heavy atom. The number of rotatable bonds is 7. The Balaban J connectivity index is 3.64. The SMILES string of the molecule is NC(N)=NCCC[C@H](N)C(=O)OON=O. The van der Waals surface area contributed by atoms with Gasteiger partial charge in [-0.05, 0) is 12.8 Å². The van der Waals surface area contributed by atoms with Crippen molar-refractivity contribution in [2.75, 3.05) is 6.54 Å². The number of nitrogens with zero attached hydrogens (tertiary/aromatic N) is 2. The summed E-state index contributed by atoms with van der Waals surface area (Å²) >= 11 is 0. The summed E-state index contributed by atoms with van der Waals surface area (Å²) in [5.41, 5.74) is 15.5. The third-order valence-corrected chi connectivity index (χ3v) is 1.42. The quantitative estimate of drug-likeness (QED) is 0.118. The van der Waals surface area contributed by atoms with Crippen LogP contribution < -0.4 is 17.2 Å². The summed E-state index contributed by atoms with van der Waals surface area (Å²) in [6, 6.07) is -0.902. The van der Waals surface area contributed by atoms with Crippen LogP contribution in [0.1, 0.15) is 12.8 Å². The molecular formula is C6H13N5O4. The van der Waals surface area contributed by atoms with Crippen LogP contribution in [0.2, 0.25) is 0 Å². The Bertz CT molecular complexity index is 240. The minimum Gasteiger partial charge on any atom is -0.370 e. The predicted octanol–water partition coefficient (Wildman–Crippen LogP) is -1.48. The summed E-state index contributed by atoms with van der Waals surface area (Å²) < 4.78 is 0. The average Bonchev–Trinajstić information content (AvgIpc) is 2.20. The highest BCUT2D eigenvalue weighted by Crippen LogP contribution is 1.98. The molecular weight excluding hydrogens is 206 g/mol. The Hall–Kier alpha value is -1.90. The van der Waals surface area contributed by atoms with Crippen LogP contribution in [-0.4, -0.2) is 24.5 Å². The normalized spacial score (nSPS) is 11.3. The zero-order chi connectivity index (χ0) is 11.7. The van der Waals surface area contributed by atoms with Crippen molar-refractivity contribution in [3.8, 4) is 0 Å². The van der Waals surface area contributed by atoms with Gasteiger partial charge < -0.3 is 17.2 Å². The van der Waals surface area contributed by atoms with Gasteiger partial charge in [0.25, 0.3) is 0 Å². The molecule has 0 aliphatic carbocycles. The van der Waals surface area contributed by atoms with Gasteiger partial charge >= 0.3 is 5.97 Å². The third-order valence-electron chi connectivity index (χ3n) is 1.42. The van der Waals surface area contributed by atoms with Gasteiger partial charge in [0.15, 0.2) is 5.96 Å². The Kier molecular flexibility index (Phi) is 6.55. The molecule has 0 unspecified atom stereocenters. The Morgan fingerprint density at radius 3 is 2.60 bits per heavy atom. The predicted molar refractivity (Wildman–Crippen MR) is 50.9 cm³/mol. The molecule has 0 aliphatic heterocycles. The lowest BCUT2D eigenvalue weighted by atomic mass is 10.2. The fourth-order valence-electron chi connectivity index (χ4n) is 0.751. The summed E-state index contributed by atoms with van der Waals surface area (Å²) in [6.45, 7) is 0.357. The van der Waals surface area contributed by atoms with Gasteiger partial charge in [-0.25, -0.2) is 9.68 Å². The molecule has 0 saturated heterocycles. The lowest BCUT2D eigenvalue weighted by Crippen LogP contribution is -2.32. The van der Waals surface area contributed by atoms with Gasteiger partial charge in [-0.15, -0.1) is 9.90 Å². The van der Waals surface area contributed by atoms with Crippen molar-refractivity contribution >= 4 is 11.9 Å². The molecule has 0 rings (SSSR count). The molecule has 0 saturated carbocycles. The van der Waals surface area contributed by atoms with Crippen LogP contribution in [0.4, 0.5) is 0 Å². The Labute approximate surface area is 85.4 Å². The smallest absolute Gasteiger partial charge is 0.370 e. The molecule has 1 atom stereocenters. The molecule has 0 bridgehead atoms. The first-order valence-corrected chi connectivity index (χ1v) is 4.09. The van der Waals surface area contributed by atoms with E-state index in [1.807, 2.05) is 5.34 Å². The van der Waals surface area contributed by atoms with Gasteiger partial charge in [0, 0.05) is 6.54 Å². The third kappa shape index (κ3) is 7.19. The summed E-state index contributed by atoms with van der Waals surface area (Å²) in [5, 5.41) is 1.87. The number of carbonyl (C=O) groups is 1. The van der Waals surface area contributed by atoms with Gasteiger partial charge in [0.05, 0.1) is 0 Å². The van der Waals surface area contributed by atoms with E-state index in [-0.39, 0.29) is 5.96 Å². The van der Waals surface area contributed by atoms with Gasteiger partial charge in [-0.1, -0.05) is 0 Å². The number of hydrogen-bond donors (Lipinski definition) is 3. The highest BCUT2D eigenvalue weighted by atomic mass is 17.3. The van der Waals surface area contributed by atoms with E-state index >= 15 is 0 Å². The molecule has 0 radical (unpaired) electrons. The lowest BCUT2D eigenvalue weighted by molar-refractivity contribution is -0.275. The van der Waals surface area contributed by atoms with Gasteiger partial charge in [-0.3, -0.25) is 4.99 Å². The zero-order valence-corrected chi connectivity index (χ0v) is 7.96. The molecule has 0 heterocycles. The van der Waals surface area contributed by atoms with Crippen molar-refractivity contribution in [2.24, 2.45) is 27.5 Å². The molecule has 6 N–H and O–H groups in total.